The number of thiocarbonyl (C=S) groups is 1. The number of anilines is 1. The summed E-state index contributed by atoms with van der Waals surface area (Å²) in [5.41, 5.74) is 2.85. The summed E-state index contributed by atoms with van der Waals surface area (Å²) in [5, 5.41) is 2.62. The molecule has 1 aliphatic rings. The van der Waals surface area contributed by atoms with Crippen LogP contribution in [0, 0.1) is 9.39 Å². The van der Waals surface area contributed by atoms with Crippen LogP contribution in [-0.4, -0.2) is 24.0 Å². The van der Waals surface area contributed by atoms with Crippen molar-refractivity contribution >= 4 is 63.5 Å². The molecule has 0 saturated carbocycles. The molecule has 1 heterocycles. The first-order valence-corrected chi connectivity index (χ1v) is 11.4. The molecule has 33 heavy (non-hydrogen) atoms. The Balaban J connectivity index is 1.70. The highest BCUT2D eigenvalue weighted by Gasteiger charge is 2.34. The van der Waals surface area contributed by atoms with E-state index in [0.717, 1.165) is 14.7 Å². The molecule has 3 aromatic carbocycles. The van der Waals surface area contributed by atoms with Crippen LogP contribution in [-0.2, 0) is 16.0 Å². The summed E-state index contributed by atoms with van der Waals surface area (Å²) < 4.78 is 20.0. The fraction of sp³-hybridized carbons (Fsp3) is 0.0800. The third-order valence-corrected chi connectivity index (χ3v) is 6.34. The van der Waals surface area contributed by atoms with Gasteiger partial charge in [-0.2, -0.15) is 0 Å². The van der Waals surface area contributed by atoms with Gasteiger partial charge in [0.05, 0.1) is 12.8 Å². The van der Waals surface area contributed by atoms with Gasteiger partial charge in [-0.25, -0.2) is 4.39 Å². The number of carbonyl (C=O) groups is 2. The first-order valence-electron chi connectivity index (χ1n) is 9.94. The second kappa shape index (κ2) is 9.80. The molecular weight excluding hydrogens is 554 g/mol. The number of ether oxygens (including phenoxy) is 1. The predicted molar refractivity (Wildman–Crippen MR) is 138 cm³/mol. The zero-order valence-electron chi connectivity index (χ0n) is 17.5. The van der Waals surface area contributed by atoms with Crippen LogP contribution in [0.1, 0.15) is 16.7 Å². The highest BCUT2D eigenvalue weighted by molar-refractivity contribution is 14.1. The van der Waals surface area contributed by atoms with E-state index in [4.69, 9.17) is 17.0 Å². The molecule has 0 aliphatic carbocycles. The van der Waals surface area contributed by atoms with Gasteiger partial charge in [-0.1, -0.05) is 30.3 Å². The Bertz CT molecular complexity index is 1290. The first kappa shape index (κ1) is 23.1. The largest absolute Gasteiger partial charge is 0.496 e. The van der Waals surface area contributed by atoms with Crippen molar-refractivity contribution in [3.63, 3.8) is 0 Å². The molecule has 2 amide bonds. The summed E-state index contributed by atoms with van der Waals surface area (Å²) in [5.74, 6) is -0.787. The van der Waals surface area contributed by atoms with Crippen LogP contribution in [0.25, 0.3) is 6.08 Å². The fourth-order valence-corrected chi connectivity index (χ4v) is 4.65. The third-order valence-electron chi connectivity index (χ3n) is 5.09. The number of benzene rings is 3. The van der Waals surface area contributed by atoms with Crippen LogP contribution in [0.15, 0.2) is 72.3 Å². The van der Waals surface area contributed by atoms with Crippen molar-refractivity contribution in [2.75, 3.05) is 12.0 Å². The number of hydrogen-bond acceptors (Lipinski definition) is 4. The van der Waals surface area contributed by atoms with Gasteiger partial charge in [0.1, 0.15) is 17.1 Å². The maximum absolute atomic E-state index is 13.6. The van der Waals surface area contributed by atoms with E-state index in [2.05, 4.69) is 27.9 Å². The van der Waals surface area contributed by atoms with Gasteiger partial charge in [-0.15, -0.1) is 0 Å². The summed E-state index contributed by atoms with van der Waals surface area (Å²) in [6.07, 6.45) is 2.00. The molecule has 0 bridgehead atoms. The molecule has 0 spiro atoms. The number of halogens is 2. The molecule has 5 nitrogen and oxygen atoms in total. The number of nitrogens with zero attached hydrogens (tertiary/aromatic N) is 1. The SMILES string of the molecule is COc1cc(/C=C2/C(=O)NC(=S)N(c3ccccc3)C2=O)cc(I)c1Cc1cccc(F)c1. The molecule has 0 unspecified atom stereocenters. The molecule has 0 aromatic heterocycles. The second-order valence-electron chi connectivity index (χ2n) is 7.28. The van der Waals surface area contributed by atoms with Crippen LogP contribution < -0.4 is 15.0 Å². The van der Waals surface area contributed by atoms with Crippen LogP contribution in [0.5, 0.6) is 5.75 Å². The van der Waals surface area contributed by atoms with Crippen molar-refractivity contribution < 1.29 is 18.7 Å². The minimum atomic E-state index is -0.560. The van der Waals surface area contributed by atoms with E-state index < -0.39 is 11.8 Å². The Morgan fingerprint density at radius 3 is 2.55 bits per heavy atom. The van der Waals surface area contributed by atoms with E-state index in [-0.39, 0.29) is 16.5 Å². The van der Waals surface area contributed by atoms with Gasteiger partial charge in [0.2, 0.25) is 0 Å². The summed E-state index contributed by atoms with van der Waals surface area (Å²) in [7, 11) is 1.55. The van der Waals surface area contributed by atoms with Crippen molar-refractivity contribution in [3.8, 4) is 5.75 Å². The molecule has 3 aromatic rings. The highest BCUT2D eigenvalue weighted by atomic mass is 127. The van der Waals surface area contributed by atoms with Gasteiger partial charge in [-0.3, -0.25) is 19.8 Å². The van der Waals surface area contributed by atoms with Crippen LogP contribution in [0.2, 0.25) is 0 Å². The van der Waals surface area contributed by atoms with Gasteiger partial charge in [0.15, 0.2) is 5.11 Å². The maximum Gasteiger partial charge on any atom is 0.270 e. The Hall–Kier alpha value is -3.11. The molecule has 1 N–H and O–H groups in total. The van der Waals surface area contributed by atoms with E-state index >= 15 is 0 Å². The van der Waals surface area contributed by atoms with Crippen molar-refractivity contribution in [2.24, 2.45) is 0 Å². The summed E-state index contributed by atoms with van der Waals surface area (Å²) in [4.78, 5) is 27.1. The van der Waals surface area contributed by atoms with Crippen LogP contribution in [0.3, 0.4) is 0 Å². The monoisotopic (exact) mass is 572 g/mol. The van der Waals surface area contributed by atoms with Crippen LogP contribution in [0.4, 0.5) is 10.1 Å². The van der Waals surface area contributed by atoms with E-state index in [1.807, 2.05) is 18.2 Å². The van der Waals surface area contributed by atoms with Crippen LogP contribution >= 0.6 is 34.8 Å². The van der Waals surface area contributed by atoms with Crippen molar-refractivity contribution in [3.05, 3.63) is 98.4 Å². The molecule has 0 atom stereocenters. The second-order valence-corrected chi connectivity index (χ2v) is 8.83. The minimum Gasteiger partial charge on any atom is -0.496 e. The molecule has 1 fully saturated rings. The van der Waals surface area contributed by atoms with Crippen molar-refractivity contribution in [1.29, 1.82) is 0 Å². The summed E-state index contributed by atoms with van der Waals surface area (Å²) in [6.45, 7) is 0. The molecule has 4 rings (SSSR count). The van der Waals surface area contributed by atoms with Gasteiger partial charge in [0.25, 0.3) is 11.8 Å². The van der Waals surface area contributed by atoms with Gasteiger partial charge >= 0.3 is 0 Å². The number of hydrogen-bond donors (Lipinski definition) is 1. The first-order chi connectivity index (χ1) is 15.9. The molecule has 1 saturated heterocycles. The highest BCUT2D eigenvalue weighted by Crippen LogP contribution is 2.30. The van der Waals surface area contributed by atoms with Gasteiger partial charge in [-0.05, 0) is 88.4 Å². The molecule has 8 heteroatoms. The number of rotatable bonds is 5. The zero-order chi connectivity index (χ0) is 23.5. The average molecular weight is 572 g/mol. The lowest BCUT2D eigenvalue weighted by atomic mass is 10.0. The molecule has 0 radical (unpaired) electrons. The van der Waals surface area contributed by atoms with Gasteiger partial charge < -0.3 is 4.74 Å². The molecule has 1 aliphatic heterocycles. The Kier molecular flexibility index (Phi) is 6.85. The van der Waals surface area contributed by atoms with Crippen molar-refractivity contribution in [1.82, 2.24) is 5.32 Å². The predicted octanol–water partition coefficient (Wildman–Crippen LogP) is 4.86. The average Bonchev–Trinajstić information content (AvgIpc) is 2.79. The smallest absolute Gasteiger partial charge is 0.270 e. The Morgan fingerprint density at radius 1 is 1.09 bits per heavy atom. The number of nitrogens with one attached hydrogen (secondary N) is 1. The normalized spacial score (nSPS) is 15.1. The lowest BCUT2D eigenvalue weighted by Gasteiger charge is -2.28. The Morgan fingerprint density at radius 2 is 1.85 bits per heavy atom. The van der Waals surface area contributed by atoms with Gasteiger partial charge in [0, 0.05) is 15.6 Å². The lowest BCUT2D eigenvalue weighted by Crippen LogP contribution is -2.54. The number of carbonyl (C=O) groups excluding carboxylic acids is 2. The number of para-hydroxylation sites is 1. The standard InChI is InChI=1S/C25H18FIN2O3S/c1-32-22-14-16(13-21(27)19(22)11-15-6-5-7-17(26)10-15)12-20-23(30)28-25(33)29(24(20)31)18-8-3-2-4-9-18/h2-10,12-14H,11H2,1H3,(H,28,30,33)/b20-12-. The number of amides is 2. The summed E-state index contributed by atoms with van der Waals surface area (Å²) >= 11 is 7.40. The zero-order valence-corrected chi connectivity index (χ0v) is 20.4. The third kappa shape index (κ3) is 4.96. The van der Waals surface area contributed by atoms with E-state index in [9.17, 15) is 14.0 Å². The molecular formula is C25H18FIN2O3S. The maximum atomic E-state index is 13.6. The fourth-order valence-electron chi connectivity index (χ4n) is 3.56. The quantitative estimate of drug-likeness (QED) is 0.206. The van der Waals surface area contributed by atoms with E-state index in [0.29, 0.717) is 23.4 Å². The number of methoxy groups -OCH3 is 1. The summed E-state index contributed by atoms with van der Waals surface area (Å²) in [6, 6.07) is 18.9. The topological polar surface area (TPSA) is 58.6 Å². The van der Waals surface area contributed by atoms with Crippen molar-refractivity contribution in [2.45, 2.75) is 6.42 Å². The van der Waals surface area contributed by atoms with E-state index in [1.54, 1.807) is 43.5 Å². The van der Waals surface area contributed by atoms with E-state index in [1.165, 1.54) is 23.1 Å². The minimum absolute atomic E-state index is 0.0333. The molecule has 166 valence electrons. The lowest BCUT2D eigenvalue weighted by molar-refractivity contribution is -0.122. The Labute approximate surface area is 209 Å².